The molecule has 1 N–H and O–H groups in total. The largest absolute Gasteiger partial charge is 0.490 e. The number of nitriles is 1. The summed E-state index contributed by atoms with van der Waals surface area (Å²) in [6, 6.07) is 16.7. The summed E-state index contributed by atoms with van der Waals surface area (Å²) in [6.45, 7) is 6.31. The Morgan fingerprint density at radius 1 is 1.00 bits per heavy atom. The third-order valence-electron chi connectivity index (χ3n) is 4.28. The number of rotatable bonds is 10. The molecule has 0 amide bonds. The standard InChI is InChI=1S/C21H26N2O4S/c1-16(2)28(24,25)23-15-17(3)18-8-10-20(11-9-18)26-12-13-27-21-7-5-4-6-19(21)14-22/h4-11,16-17,23H,12-13,15H2,1-3H3. The van der Waals surface area contributed by atoms with Gasteiger partial charge in [0.05, 0.1) is 10.8 Å². The number of hydrogen-bond acceptors (Lipinski definition) is 5. The summed E-state index contributed by atoms with van der Waals surface area (Å²) in [6.07, 6.45) is 0. The van der Waals surface area contributed by atoms with E-state index in [1.165, 1.54) is 0 Å². The van der Waals surface area contributed by atoms with Crippen molar-refractivity contribution in [3.8, 4) is 17.6 Å². The van der Waals surface area contributed by atoms with E-state index < -0.39 is 15.3 Å². The third-order valence-corrected chi connectivity index (χ3v) is 6.09. The molecule has 0 bridgehead atoms. The van der Waals surface area contributed by atoms with Gasteiger partial charge in [-0.15, -0.1) is 0 Å². The molecule has 0 aromatic heterocycles. The molecule has 1 atom stereocenters. The van der Waals surface area contributed by atoms with Crippen molar-refractivity contribution in [2.24, 2.45) is 0 Å². The number of para-hydroxylation sites is 1. The van der Waals surface area contributed by atoms with Gasteiger partial charge in [-0.1, -0.05) is 31.2 Å². The summed E-state index contributed by atoms with van der Waals surface area (Å²) in [5.74, 6) is 1.30. The van der Waals surface area contributed by atoms with Crippen LogP contribution in [0.4, 0.5) is 0 Å². The molecule has 0 radical (unpaired) electrons. The molecule has 0 saturated heterocycles. The van der Waals surface area contributed by atoms with Crippen molar-refractivity contribution in [3.05, 3.63) is 59.7 Å². The smallest absolute Gasteiger partial charge is 0.213 e. The average Bonchev–Trinajstić information content (AvgIpc) is 2.70. The summed E-state index contributed by atoms with van der Waals surface area (Å²) >= 11 is 0. The highest BCUT2D eigenvalue weighted by molar-refractivity contribution is 7.90. The van der Waals surface area contributed by atoms with Gasteiger partial charge in [-0.25, -0.2) is 13.1 Å². The van der Waals surface area contributed by atoms with Gasteiger partial charge >= 0.3 is 0 Å². The second kappa shape index (κ2) is 10.1. The van der Waals surface area contributed by atoms with E-state index in [2.05, 4.69) is 10.8 Å². The molecule has 1 unspecified atom stereocenters. The van der Waals surface area contributed by atoms with Crippen LogP contribution < -0.4 is 14.2 Å². The van der Waals surface area contributed by atoms with E-state index in [1.807, 2.05) is 37.3 Å². The maximum absolute atomic E-state index is 11.8. The number of nitrogens with one attached hydrogen (secondary N) is 1. The molecule has 0 spiro atoms. The number of hydrogen-bond donors (Lipinski definition) is 1. The Labute approximate surface area is 167 Å². The van der Waals surface area contributed by atoms with Crippen molar-refractivity contribution in [3.63, 3.8) is 0 Å². The summed E-state index contributed by atoms with van der Waals surface area (Å²) < 4.78 is 37.6. The van der Waals surface area contributed by atoms with E-state index in [-0.39, 0.29) is 5.92 Å². The lowest BCUT2D eigenvalue weighted by atomic mass is 10.0. The molecule has 2 rings (SSSR count). The van der Waals surface area contributed by atoms with Gasteiger partial charge < -0.3 is 9.47 Å². The minimum absolute atomic E-state index is 0.0494. The number of nitrogens with zero attached hydrogens (tertiary/aromatic N) is 1. The summed E-state index contributed by atoms with van der Waals surface area (Å²) in [5, 5.41) is 8.59. The van der Waals surface area contributed by atoms with E-state index in [0.717, 1.165) is 5.56 Å². The Kier molecular flexibility index (Phi) is 7.85. The van der Waals surface area contributed by atoms with E-state index >= 15 is 0 Å². The highest BCUT2D eigenvalue weighted by Gasteiger charge is 2.17. The topological polar surface area (TPSA) is 88.4 Å². The Morgan fingerprint density at radius 2 is 1.64 bits per heavy atom. The zero-order chi connectivity index (χ0) is 20.6. The molecule has 0 aliphatic heterocycles. The van der Waals surface area contributed by atoms with E-state index in [0.29, 0.717) is 36.8 Å². The van der Waals surface area contributed by atoms with Crippen LogP contribution in [0, 0.1) is 11.3 Å². The molecule has 2 aromatic rings. The van der Waals surface area contributed by atoms with Gasteiger partial charge in [0.25, 0.3) is 0 Å². The number of sulfonamides is 1. The fraction of sp³-hybridized carbons (Fsp3) is 0.381. The maximum atomic E-state index is 11.8. The second-order valence-electron chi connectivity index (χ2n) is 6.72. The molecule has 0 heterocycles. The fourth-order valence-corrected chi connectivity index (χ4v) is 3.23. The van der Waals surface area contributed by atoms with Crippen molar-refractivity contribution in [2.45, 2.75) is 31.9 Å². The fourth-order valence-electron chi connectivity index (χ4n) is 2.41. The van der Waals surface area contributed by atoms with Gasteiger partial charge in [0, 0.05) is 6.54 Å². The quantitative estimate of drug-likeness (QED) is 0.615. The first kappa shape index (κ1) is 21.7. The first-order valence-corrected chi connectivity index (χ1v) is 10.7. The molecule has 0 saturated carbocycles. The third kappa shape index (κ3) is 6.25. The van der Waals surface area contributed by atoms with Crippen LogP contribution in [-0.2, 0) is 10.0 Å². The molecule has 6 nitrogen and oxygen atoms in total. The van der Waals surface area contributed by atoms with Crippen molar-refractivity contribution >= 4 is 10.0 Å². The zero-order valence-electron chi connectivity index (χ0n) is 16.4. The van der Waals surface area contributed by atoms with Crippen LogP contribution in [0.3, 0.4) is 0 Å². The maximum Gasteiger partial charge on any atom is 0.213 e. The van der Waals surface area contributed by atoms with Gasteiger partial charge in [-0.2, -0.15) is 5.26 Å². The van der Waals surface area contributed by atoms with Crippen LogP contribution in [0.5, 0.6) is 11.5 Å². The van der Waals surface area contributed by atoms with Gasteiger partial charge in [0.1, 0.15) is 30.8 Å². The lowest BCUT2D eigenvalue weighted by Gasteiger charge is -2.15. The van der Waals surface area contributed by atoms with Crippen LogP contribution in [0.25, 0.3) is 0 Å². The monoisotopic (exact) mass is 402 g/mol. The molecule has 0 fully saturated rings. The highest BCUT2D eigenvalue weighted by atomic mass is 32.2. The molecule has 0 aliphatic rings. The lowest BCUT2D eigenvalue weighted by molar-refractivity contribution is 0.217. The highest BCUT2D eigenvalue weighted by Crippen LogP contribution is 2.20. The predicted molar refractivity (Wildman–Crippen MR) is 109 cm³/mol. The summed E-state index contributed by atoms with van der Waals surface area (Å²) in [7, 11) is -3.26. The number of ether oxygens (including phenoxy) is 2. The SMILES string of the molecule is CC(CNS(=O)(=O)C(C)C)c1ccc(OCCOc2ccccc2C#N)cc1. The first-order valence-electron chi connectivity index (χ1n) is 9.16. The minimum Gasteiger partial charge on any atom is -0.490 e. The van der Waals surface area contributed by atoms with Crippen molar-refractivity contribution < 1.29 is 17.9 Å². The van der Waals surface area contributed by atoms with Gasteiger partial charge in [0.15, 0.2) is 0 Å². The molecule has 7 heteroatoms. The van der Waals surface area contributed by atoms with E-state index in [9.17, 15) is 8.42 Å². The van der Waals surface area contributed by atoms with E-state index in [1.54, 1.807) is 32.0 Å². The number of benzene rings is 2. The van der Waals surface area contributed by atoms with Crippen molar-refractivity contribution in [1.29, 1.82) is 5.26 Å². The first-order chi connectivity index (χ1) is 13.3. The van der Waals surface area contributed by atoms with Crippen LogP contribution in [-0.4, -0.2) is 33.4 Å². The second-order valence-corrected chi connectivity index (χ2v) is 9.04. The predicted octanol–water partition coefficient (Wildman–Crippen LogP) is 3.45. The average molecular weight is 403 g/mol. The Hall–Kier alpha value is -2.56. The van der Waals surface area contributed by atoms with Crippen molar-refractivity contribution in [2.75, 3.05) is 19.8 Å². The molecular weight excluding hydrogens is 376 g/mol. The van der Waals surface area contributed by atoms with Gasteiger partial charge in [-0.05, 0) is 49.6 Å². The van der Waals surface area contributed by atoms with Gasteiger partial charge in [-0.3, -0.25) is 0 Å². The zero-order valence-corrected chi connectivity index (χ0v) is 17.2. The Balaban J connectivity index is 1.80. The lowest BCUT2D eigenvalue weighted by Crippen LogP contribution is -2.33. The van der Waals surface area contributed by atoms with Crippen LogP contribution in [0.2, 0.25) is 0 Å². The van der Waals surface area contributed by atoms with Crippen molar-refractivity contribution in [1.82, 2.24) is 4.72 Å². The minimum atomic E-state index is -3.26. The Morgan fingerprint density at radius 3 is 2.29 bits per heavy atom. The summed E-state index contributed by atoms with van der Waals surface area (Å²) in [4.78, 5) is 0. The van der Waals surface area contributed by atoms with Crippen LogP contribution >= 0.6 is 0 Å². The van der Waals surface area contributed by atoms with Crippen LogP contribution in [0.1, 0.15) is 37.8 Å². The molecule has 2 aromatic carbocycles. The van der Waals surface area contributed by atoms with E-state index in [4.69, 9.17) is 14.7 Å². The molecule has 0 aliphatic carbocycles. The molecule has 150 valence electrons. The Bertz CT molecular complexity index is 903. The molecular formula is C21H26N2O4S. The van der Waals surface area contributed by atoms with Crippen LogP contribution in [0.15, 0.2) is 48.5 Å². The normalized spacial score (nSPS) is 12.4. The van der Waals surface area contributed by atoms with Gasteiger partial charge in [0.2, 0.25) is 10.0 Å². The molecule has 28 heavy (non-hydrogen) atoms. The summed E-state index contributed by atoms with van der Waals surface area (Å²) in [5.41, 5.74) is 1.52.